The topological polar surface area (TPSA) is 32.7 Å². The number of aliphatic imine (C=N–C) groups is 1. The Morgan fingerprint density at radius 2 is 1.89 bits per heavy atom. The van der Waals surface area contributed by atoms with E-state index in [2.05, 4.69) is 51.6 Å². The van der Waals surface area contributed by atoms with Gasteiger partial charge < -0.3 is 0 Å². The molecular weight excluding hydrogens is 364 g/mol. The van der Waals surface area contributed by atoms with Crippen LogP contribution in [0.5, 0.6) is 0 Å². The van der Waals surface area contributed by atoms with Crippen molar-refractivity contribution in [3.63, 3.8) is 0 Å². The van der Waals surface area contributed by atoms with Crippen molar-refractivity contribution >= 4 is 28.0 Å². The molecule has 0 fully saturated rings. The number of rotatable bonds is 3. The Bertz CT molecular complexity index is 944. The first kappa shape index (κ1) is 19.1. The highest BCUT2D eigenvalue weighted by Crippen LogP contribution is 2.42. The Balaban J connectivity index is 1.86. The van der Waals surface area contributed by atoms with Gasteiger partial charge in [-0.15, -0.1) is 17.9 Å². The Hall–Kier alpha value is -2.20. The van der Waals surface area contributed by atoms with Crippen molar-refractivity contribution < 1.29 is 4.79 Å². The molecule has 3 nitrogen and oxygen atoms in total. The lowest BCUT2D eigenvalue weighted by atomic mass is 9.85. The number of carbonyl (C=O) groups is 1. The van der Waals surface area contributed by atoms with Crippen molar-refractivity contribution in [1.29, 1.82) is 0 Å². The summed E-state index contributed by atoms with van der Waals surface area (Å²) in [4.78, 5) is 20.9. The summed E-state index contributed by atoms with van der Waals surface area (Å²) in [6, 6.07) is 8.74. The fourth-order valence-electron chi connectivity index (χ4n) is 4.09. The Morgan fingerprint density at radius 3 is 2.57 bits per heavy atom. The molecule has 1 aliphatic carbocycles. The Morgan fingerprint density at radius 1 is 1.18 bits per heavy atom. The number of hydrogen-bond donors (Lipinski definition) is 0. The molecule has 0 N–H and O–H groups in total. The first-order valence-electron chi connectivity index (χ1n) is 10.1. The van der Waals surface area contributed by atoms with Crippen molar-refractivity contribution in [2.75, 3.05) is 18.0 Å². The van der Waals surface area contributed by atoms with Gasteiger partial charge in [0.25, 0.3) is 0 Å². The molecule has 1 aliphatic heterocycles. The van der Waals surface area contributed by atoms with Gasteiger partial charge >= 0.3 is 0 Å². The van der Waals surface area contributed by atoms with Gasteiger partial charge in [0.05, 0.1) is 5.71 Å². The molecule has 2 aliphatic rings. The fourth-order valence-corrected chi connectivity index (χ4v) is 5.50. The monoisotopic (exact) mass is 392 g/mol. The smallest absolute Gasteiger partial charge is 0.249 e. The van der Waals surface area contributed by atoms with Crippen LogP contribution in [0.15, 0.2) is 41.9 Å². The summed E-state index contributed by atoms with van der Waals surface area (Å²) in [5, 5.41) is 1.06. The van der Waals surface area contributed by atoms with E-state index in [9.17, 15) is 4.79 Å². The van der Waals surface area contributed by atoms with Crippen LogP contribution in [0.25, 0.3) is 0 Å². The van der Waals surface area contributed by atoms with Gasteiger partial charge in [0, 0.05) is 22.5 Å². The lowest BCUT2D eigenvalue weighted by molar-refractivity contribution is -0.117. The Kier molecular flexibility index (Phi) is 5.00. The van der Waals surface area contributed by atoms with Crippen molar-refractivity contribution in [3.8, 4) is 0 Å². The molecule has 0 radical (unpaired) electrons. The van der Waals surface area contributed by atoms with E-state index in [1.165, 1.54) is 34.4 Å². The summed E-state index contributed by atoms with van der Waals surface area (Å²) in [7, 11) is 0. The number of aryl methyl sites for hydroxylation is 1. The first-order chi connectivity index (χ1) is 13.4. The normalized spacial score (nSPS) is 16.9. The Labute approximate surface area is 171 Å². The molecule has 2 aromatic rings. The number of amides is 1. The average Bonchev–Trinajstić information content (AvgIpc) is 2.99. The summed E-state index contributed by atoms with van der Waals surface area (Å²) in [5.74, 6) is 0.0565. The lowest BCUT2D eigenvalue weighted by Crippen LogP contribution is -2.31. The molecule has 1 aromatic heterocycles. The summed E-state index contributed by atoms with van der Waals surface area (Å²) in [6.45, 7) is 11.3. The second kappa shape index (κ2) is 7.32. The first-order valence-corrected chi connectivity index (χ1v) is 10.9. The number of benzene rings is 1. The molecule has 28 heavy (non-hydrogen) atoms. The van der Waals surface area contributed by atoms with Gasteiger partial charge in [0.15, 0.2) is 0 Å². The van der Waals surface area contributed by atoms with Gasteiger partial charge in [-0.1, -0.05) is 51.1 Å². The molecule has 4 heteroatoms. The van der Waals surface area contributed by atoms with Crippen LogP contribution in [0.2, 0.25) is 0 Å². The zero-order valence-corrected chi connectivity index (χ0v) is 17.9. The van der Waals surface area contributed by atoms with Gasteiger partial charge in [-0.3, -0.25) is 14.7 Å². The van der Waals surface area contributed by atoms with Crippen LogP contribution in [-0.2, 0) is 23.1 Å². The zero-order chi connectivity index (χ0) is 19.9. The largest absolute Gasteiger partial charge is 0.298 e. The lowest BCUT2D eigenvalue weighted by Gasteiger charge is -2.20. The van der Waals surface area contributed by atoms with Crippen molar-refractivity contribution in [2.24, 2.45) is 4.99 Å². The van der Waals surface area contributed by atoms with Crippen LogP contribution in [-0.4, -0.2) is 24.7 Å². The number of fused-ring (bicyclic) bond motifs is 3. The molecule has 2 heterocycles. The molecule has 0 unspecified atom stereocenters. The van der Waals surface area contributed by atoms with Crippen molar-refractivity contribution in [2.45, 2.75) is 51.9 Å². The number of thiophene rings is 1. The molecule has 1 aromatic carbocycles. The minimum atomic E-state index is 0.0565. The number of carbonyl (C=O) groups excluding carboxylic acids is 1. The molecule has 4 rings (SSSR count). The molecule has 0 bridgehead atoms. The number of anilines is 1. The maximum atomic E-state index is 12.8. The number of hydrogen-bond acceptors (Lipinski definition) is 3. The van der Waals surface area contributed by atoms with E-state index in [1.54, 1.807) is 11.3 Å². The van der Waals surface area contributed by atoms with E-state index in [4.69, 9.17) is 4.99 Å². The van der Waals surface area contributed by atoms with E-state index < -0.39 is 0 Å². The van der Waals surface area contributed by atoms with Crippen LogP contribution in [0.4, 0.5) is 5.00 Å². The summed E-state index contributed by atoms with van der Waals surface area (Å²) in [6.07, 6.45) is 6.44. The van der Waals surface area contributed by atoms with Gasteiger partial charge in [0.1, 0.15) is 11.5 Å². The quantitative estimate of drug-likeness (QED) is 0.653. The maximum Gasteiger partial charge on any atom is 0.249 e. The molecular formula is C24H28N2OS. The third kappa shape index (κ3) is 3.35. The SMILES string of the molecule is C=CCN1C(=O)CN=C(c2ccc(C(C)(C)C)cc2)c2c1sc1c2CCCC1. The van der Waals surface area contributed by atoms with E-state index in [1.807, 2.05) is 11.0 Å². The highest BCUT2D eigenvalue weighted by molar-refractivity contribution is 7.17. The number of nitrogens with zero attached hydrogens (tertiary/aromatic N) is 2. The minimum Gasteiger partial charge on any atom is -0.298 e. The van der Waals surface area contributed by atoms with Crippen LogP contribution in [0.3, 0.4) is 0 Å². The zero-order valence-electron chi connectivity index (χ0n) is 17.0. The van der Waals surface area contributed by atoms with Crippen LogP contribution < -0.4 is 4.90 Å². The molecule has 0 spiro atoms. The van der Waals surface area contributed by atoms with Crippen LogP contribution in [0.1, 0.15) is 60.7 Å². The maximum absolute atomic E-state index is 12.8. The van der Waals surface area contributed by atoms with Gasteiger partial charge in [-0.05, 0) is 42.2 Å². The summed E-state index contributed by atoms with van der Waals surface area (Å²) >= 11 is 1.79. The van der Waals surface area contributed by atoms with Crippen LogP contribution in [0, 0.1) is 0 Å². The van der Waals surface area contributed by atoms with Gasteiger partial charge in [-0.25, -0.2) is 0 Å². The van der Waals surface area contributed by atoms with Gasteiger partial charge in [0.2, 0.25) is 5.91 Å². The standard InChI is InChI=1S/C24H28N2OS/c1-5-14-26-20(27)15-25-22(16-10-12-17(13-11-16)24(2,3)4)21-18-8-6-7-9-19(18)28-23(21)26/h5,10-13H,1,6-9,14-15H2,2-4H3. The summed E-state index contributed by atoms with van der Waals surface area (Å²) < 4.78 is 0. The van der Waals surface area contributed by atoms with Crippen LogP contribution >= 0.6 is 11.3 Å². The molecule has 0 atom stereocenters. The second-order valence-corrected chi connectivity index (χ2v) is 9.76. The molecule has 146 valence electrons. The average molecular weight is 393 g/mol. The minimum absolute atomic E-state index is 0.0565. The third-order valence-corrected chi connectivity index (χ3v) is 6.96. The van der Waals surface area contributed by atoms with Crippen molar-refractivity contribution in [3.05, 3.63) is 64.1 Å². The third-order valence-electron chi connectivity index (χ3n) is 5.64. The summed E-state index contributed by atoms with van der Waals surface area (Å²) in [5.41, 5.74) is 6.11. The van der Waals surface area contributed by atoms with E-state index in [0.717, 1.165) is 29.1 Å². The van der Waals surface area contributed by atoms with E-state index >= 15 is 0 Å². The highest BCUT2D eigenvalue weighted by Gasteiger charge is 2.31. The molecule has 0 saturated carbocycles. The predicted molar refractivity (Wildman–Crippen MR) is 119 cm³/mol. The van der Waals surface area contributed by atoms with E-state index in [0.29, 0.717) is 6.54 Å². The second-order valence-electron chi connectivity index (χ2n) is 8.68. The van der Waals surface area contributed by atoms with E-state index in [-0.39, 0.29) is 17.9 Å². The van der Waals surface area contributed by atoms with Gasteiger partial charge in [-0.2, -0.15) is 0 Å². The molecule has 1 amide bonds. The predicted octanol–water partition coefficient (Wildman–Crippen LogP) is 5.29. The fraction of sp³-hybridized carbons (Fsp3) is 0.417. The highest BCUT2D eigenvalue weighted by atomic mass is 32.1. The molecule has 0 saturated heterocycles. The van der Waals surface area contributed by atoms with Crippen molar-refractivity contribution in [1.82, 2.24) is 0 Å².